The van der Waals surface area contributed by atoms with Gasteiger partial charge in [-0.15, -0.1) is 0 Å². The lowest BCUT2D eigenvalue weighted by atomic mass is 9.74. The number of hydrogen-bond acceptors (Lipinski definition) is 2. The van der Waals surface area contributed by atoms with Crippen LogP contribution in [-0.2, 0) is 5.41 Å². The molecule has 2 aliphatic carbocycles. The molecule has 1 spiro atoms. The Bertz CT molecular complexity index is 608. The zero-order valence-corrected chi connectivity index (χ0v) is 13.8. The molecule has 3 heteroatoms. The van der Waals surface area contributed by atoms with Crippen LogP contribution in [0.2, 0.25) is 0 Å². The first-order chi connectivity index (χ1) is 11.2. The lowest BCUT2D eigenvalue weighted by molar-refractivity contribution is 0.109. The van der Waals surface area contributed by atoms with Gasteiger partial charge in [-0.3, -0.25) is 0 Å². The van der Waals surface area contributed by atoms with Crippen molar-refractivity contribution in [2.24, 2.45) is 17.8 Å². The Balaban J connectivity index is 1.26. The first kappa shape index (κ1) is 14.3. The number of hydrogen-bond donors (Lipinski definition) is 0. The van der Waals surface area contributed by atoms with Gasteiger partial charge >= 0.3 is 0 Å². The molecule has 5 rings (SSSR count). The van der Waals surface area contributed by atoms with Crippen LogP contribution < -0.4 is 4.74 Å². The third-order valence-corrected chi connectivity index (χ3v) is 7.21. The summed E-state index contributed by atoms with van der Waals surface area (Å²) in [4.78, 5) is 2.67. The quantitative estimate of drug-likeness (QED) is 0.818. The smallest absolute Gasteiger partial charge is 0.123 e. The third kappa shape index (κ3) is 2.31. The van der Waals surface area contributed by atoms with E-state index in [9.17, 15) is 4.39 Å². The Kier molecular flexibility index (Phi) is 3.23. The zero-order chi connectivity index (χ0) is 15.4. The second-order valence-electron chi connectivity index (χ2n) is 8.45. The topological polar surface area (TPSA) is 12.5 Å². The van der Waals surface area contributed by atoms with Gasteiger partial charge in [0.25, 0.3) is 0 Å². The Morgan fingerprint density at radius 2 is 2.04 bits per heavy atom. The fourth-order valence-corrected chi connectivity index (χ4v) is 5.85. The van der Waals surface area contributed by atoms with Crippen LogP contribution >= 0.6 is 0 Å². The molecule has 4 aliphatic rings. The van der Waals surface area contributed by atoms with Crippen LogP contribution in [-0.4, -0.2) is 31.1 Å². The van der Waals surface area contributed by atoms with Gasteiger partial charge in [0.05, 0.1) is 6.61 Å². The van der Waals surface area contributed by atoms with E-state index in [2.05, 4.69) is 4.90 Å². The van der Waals surface area contributed by atoms with Gasteiger partial charge in [-0.1, -0.05) is 6.42 Å². The summed E-state index contributed by atoms with van der Waals surface area (Å²) in [6.07, 6.45) is 8.18. The van der Waals surface area contributed by atoms with Gasteiger partial charge in [0.1, 0.15) is 11.6 Å². The van der Waals surface area contributed by atoms with Crippen molar-refractivity contribution in [1.29, 1.82) is 0 Å². The van der Waals surface area contributed by atoms with Gasteiger partial charge in [0.2, 0.25) is 0 Å². The predicted molar refractivity (Wildman–Crippen MR) is 88.2 cm³/mol. The summed E-state index contributed by atoms with van der Waals surface area (Å²) in [5, 5.41) is 0. The lowest BCUT2D eigenvalue weighted by Crippen LogP contribution is -2.45. The van der Waals surface area contributed by atoms with E-state index in [0.717, 1.165) is 61.6 Å². The normalized spacial score (nSPS) is 34.7. The van der Waals surface area contributed by atoms with Crippen LogP contribution in [0.1, 0.15) is 44.1 Å². The molecule has 3 atom stereocenters. The summed E-state index contributed by atoms with van der Waals surface area (Å²) in [6, 6.07) is 5.04. The summed E-state index contributed by atoms with van der Waals surface area (Å²) in [7, 11) is 0. The summed E-state index contributed by atoms with van der Waals surface area (Å²) >= 11 is 0. The average Bonchev–Trinajstić information content (AvgIpc) is 3.25. The maximum absolute atomic E-state index is 13.7. The zero-order valence-electron chi connectivity index (χ0n) is 13.8. The van der Waals surface area contributed by atoms with Crippen molar-refractivity contribution in [3.05, 3.63) is 29.6 Å². The van der Waals surface area contributed by atoms with E-state index in [-0.39, 0.29) is 11.2 Å². The summed E-state index contributed by atoms with van der Waals surface area (Å²) in [5.74, 6) is 3.79. The highest BCUT2D eigenvalue weighted by Crippen LogP contribution is 2.50. The summed E-state index contributed by atoms with van der Waals surface area (Å²) in [6.45, 7) is 4.34. The number of fused-ring (bicyclic) bond motifs is 4. The molecule has 1 saturated heterocycles. The Morgan fingerprint density at radius 1 is 1.17 bits per heavy atom. The van der Waals surface area contributed by atoms with E-state index in [4.69, 9.17) is 4.74 Å². The van der Waals surface area contributed by atoms with E-state index in [1.54, 1.807) is 12.1 Å². The van der Waals surface area contributed by atoms with E-state index in [1.807, 2.05) is 0 Å². The van der Waals surface area contributed by atoms with E-state index < -0.39 is 0 Å². The summed E-state index contributed by atoms with van der Waals surface area (Å²) < 4.78 is 19.5. The third-order valence-electron chi connectivity index (χ3n) is 7.21. The van der Waals surface area contributed by atoms with Crippen LogP contribution in [0, 0.1) is 23.6 Å². The van der Waals surface area contributed by atoms with Crippen LogP contribution in [0.4, 0.5) is 4.39 Å². The molecule has 0 amide bonds. The maximum Gasteiger partial charge on any atom is 0.123 e. The number of likely N-dealkylation sites (tertiary alicyclic amines) is 1. The lowest BCUT2D eigenvalue weighted by Gasteiger charge is -2.40. The Labute approximate surface area is 138 Å². The molecule has 2 saturated carbocycles. The minimum atomic E-state index is -0.127. The van der Waals surface area contributed by atoms with Crippen LogP contribution in [0.3, 0.4) is 0 Å². The number of rotatable bonds is 2. The predicted octanol–water partition coefficient (Wildman–Crippen LogP) is 3.99. The van der Waals surface area contributed by atoms with Gasteiger partial charge in [0, 0.05) is 17.5 Å². The van der Waals surface area contributed by atoms with Gasteiger partial charge < -0.3 is 9.64 Å². The number of nitrogens with zero attached hydrogens (tertiary/aromatic N) is 1. The standard InChI is InChI=1S/C20H26FNO/c21-17-3-4-19-18(11-17)20(13-23-19)5-7-22(8-6-20)12-16-10-14-1-2-15(16)9-14/h3-4,11,14-16H,1-2,5-10,12-13H2/t14-,15-,16+/m0/s1. The second-order valence-corrected chi connectivity index (χ2v) is 8.45. The molecule has 2 heterocycles. The van der Waals surface area contributed by atoms with Crippen LogP contribution in [0.5, 0.6) is 5.75 Å². The van der Waals surface area contributed by atoms with Gasteiger partial charge in [0.15, 0.2) is 0 Å². The minimum Gasteiger partial charge on any atom is -0.492 e. The molecule has 2 aliphatic heterocycles. The molecule has 2 bridgehead atoms. The molecule has 1 aromatic carbocycles. The molecule has 0 unspecified atom stereocenters. The Hall–Kier alpha value is -1.09. The van der Waals surface area contributed by atoms with Gasteiger partial charge in [-0.25, -0.2) is 4.39 Å². The molecule has 3 fully saturated rings. The Morgan fingerprint density at radius 3 is 2.78 bits per heavy atom. The average molecular weight is 315 g/mol. The molecule has 2 nitrogen and oxygen atoms in total. The van der Waals surface area contributed by atoms with Crippen molar-refractivity contribution < 1.29 is 9.13 Å². The largest absolute Gasteiger partial charge is 0.492 e. The number of ether oxygens (including phenoxy) is 1. The highest BCUT2D eigenvalue weighted by Gasteiger charge is 2.45. The number of piperidine rings is 1. The van der Waals surface area contributed by atoms with Crippen LogP contribution in [0.25, 0.3) is 0 Å². The fraction of sp³-hybridized carbons (Fsp3) is 0.700. The molecular formula is C20H26FNO. The number of halogens is 1. The van der Waals surface area contributed by atoms with E-state index in [1.165, 1.54) is 38.3 Å². The van der Waals surface area contributed by atoms with Crippen molar-refractivity contribution in [2.75, 3.05) is 26.2 Å². The molecule has 0 radical (unpaired) electrons. The summed E-state index contributed by atoms with van der Waals surface area (Å²) in [5.41, 5.74) is 1.19. The van der Waals surface area contributed by atoms with Crippen molar-refractivity contribution >= 4 is 0 Å². The monoisotopic (exact) mass is 315 g/mol. The fourth-order valence-electron chi connectivity index (χ4n) is 5.85. The highest BCUT2D eigenvalue weighted by atomic mass is 19.1. The molecule has 124 valence electrons. The molecular weight excluding hydrogens is 289 g/mol. The maximum atomic E-state index is 13.7. The minimum absolute atomic E-state index is 0.0720. The molecule has 1 aromatic rings. The van der Waals surface area contributed by atoms with Crippen molar-refractivity contribution in [3.63, 3.8) is 0 Å². The van der Waals surface area contributed by atoms with Crippen LogP contribution in [0.15, 0.2) is 18.2 Å². The molecule has 0 aromatic heterocycles. The van der Waals surface area contributed by atoms with Gasteiger partial charge in [-0.05, 0) is 81.1 Å². The highest BCUT2D eigenvalue weighted by molar-refractivity contribution is 5.44. The SMILES string of the molecule is Fc1ccc2c(c1)C1(CCN(C[C@H]3C[C@H]4CC[C@H]3C4)CC1)CO2. The van der Waals surface area contributed by atoms with Crippen molar-refractivity contribution in [1.82, 2.24) is 4.90 Å². The second kappa shape index (κ2) is 5.20. The van der Waals surface area contributed by atoms with E-state index in [0.29, 0.717) is 0 Å². The van der Waals surface area contributed by atoms with Crippen molar-refractivity contribution in [3.8, 4) is 5.75 Å². The van der Waals surface area contributed by atoms with E-state index >= 15 is 0 Å². The number of benzene rings is 1. The first-order valence-corrected chi connectivity index (χ1v) is 9.37. The van der Waals surface area contributed by atoms with Crippen molar-refractivity contribution in [2.45, 2.75) is 43.9 Å². The molecule has 23 heavy (non-hydrogen) atoms. The van der Waals surface area contributed by atoms with Gasteiger partial charge in [-0.2, -0.15) is 0 Å². The molecule has 0 N–H and O–H groups in total. The first-order valence-electron chi connectivity index (χ1n) is 9.37.